The Morgan fingerprint density at radius 3 is 2.29 bits per heavy atom. The molecule has 0 aliphatic carbocycles. The second kappa shape index (κ2) is 6.88. The Labute approximate surface area is 121 Å². The molecule has 124 valence electrons. The molecule has 21 heavy (non-hydrogen) atoms. The molecule has 12 nitrogen and oxygen atoms in total. The average Bonchev–Trinajstić information content (AvgIpc) is 2.62. The third-order valence-corrected chi connectivity index (χ3v) is 5.87. The smallest absolute Gasteiger partial charge is 0.414 e. The van der Waals surface area contributed by atoms with Crippen molar-refractivity contribution in [1.29, 1.82) is 1.34 Å². The number of hydrogen-bond acceptors (Lipinski definition) is 8. The van der Waals surface area contributed by atoms with Crippen LogP contribution in [0.15, 0.2) is 0 Å². The van der Waals surface area contributed by atoms with E-state index in [1.165, 1.54) is 0 Å². The molecule has 5 N–H and O–H groups in total. The van der Waals surface area contributed by atoms with E-state index in [-0.39, 0.29) is 6.42 Å². The van der Waals surface area contributed by atoms with E-state index in [9.17, 15) is 23.7 Å². The van der Waals surface area contributed by atoms with Crippen molar-refractivity contribution in [2.75, 3.05) is 6.61 Å². The van der Waals surface area contributed by atoms with E-state index in [4.69, 9.17) is 20.8 Å². The maximum absolute atomic E-state index is 11.4. The lowest BCUT2D eigenvalue weighted by molar-refractivity contribution is -0.00418. The van der Waals surface area contributed by atoms with Gasteiger partial charge >= 0.3 is 23.5 Å². The number of phosphoric acid groups is 3. The second-order valence-electron chi connectivity index (χ2n) is 3.90. The van der Waals surface area contributed by atoms with E-state index in [0.29, 0.717) is 0 Å². The minimum Gasteiger partial charge on any atom is -0.414 e. The lowest BCUT2D eigenvalue weighted by Gasteiger charge is -2.20. The molecule has 5 atom stereocenters. The molecular weight excluding hydrogens is 356 g/mol. The van der Waals surface area contributed by atoms with Crippen molar-refractivity contribution < 1.29 is 56.3 Å². The quantitative estimate of drug-likeness (QED) is 0.251. The van der Waals surface area contributed by atoms with Gasteiger partial charge in [0.05, 0.1) is 12.7 Å². The van der Waals surface area contributed by atoms with Crippen molar-refractivity contribution in [3.63, 3.8) is 0 Å². The maximum atomic E-state index is 11.4. The average molecular weight is 370 g/mol. The second-order valence-corrected chi connectivity index (χ2v) is 8.32. The largest absolute Gasteiger partial charge is 0.490 e. The molecule has 2 radical (unpaired) electrons. The lowest BCUT2D eigenvalue weighted by atomic mass is 9.96. The van der Waals surface area contributed by atoms with Gasteiger partial charge in [0.1, 0.15) is 6.10 Å². The molecule has 0 spiro atoms. The summed E-state index contributed by atoms with van der Waals surface area (Å²) < 4.78 is 56.1. The van der Waals surface area contributed by atoms with Gasteiger partial charge in [0.2, 0.25) is 0 Å². The Balaban J connectivity index is 2.56. The first kappa shape index (κ1) is 17.7. The van der Waals surface area contributed by atoms with Gasteiger partial charge in [-0.05, 0) is 6.42 Å². The molecule has 1 fully saturated rings. The standard InChI is InChI=1S/C5H13BO12P3/c6-5-1-3(7)4(16-5)2-15-20(11,12)18-21(13,14)17-19(8,9)10/h3-7H,1-2H2,(H,11,12)(H,13,14)(H2,8,9,10)/q-1/i6D. The fourth-order valence-corrected chi connectivity index (χ4v) is 4.41. The van der Waals surface area contributed by atoms with Crippen LogP contribution >= 0.6 is 23.5 Å². The van der Waals surface area contributed by atoms with Crippen molar-refractivity contribution >= 4 is 31.3 Å². The number of aliphatic hydroxyl groups is 1. The van der Waals surface area contributed by atoms with Gasteiger partial charge in [0, 0.05) is 0 Å². The Bertz CT molecular complexity index is 523. The van der Waals surface area contributed by atoms with Crippen LogP contribution < -0.4 is 0 Å². The van der Waals surface area contributed by atoms with E-state index in [1.807, 2.05) is 0 Å². The van der Waals surface area contributed by atoms with Crippen LogP contribution in [-0.4, -0.2) is 58.6 Å². The molecule has 1 heterocycles. The van der Waals surface area contributed by atoms with Crippen molar-refractivity contribution in [3.8, 4) is 0 Å². The molecule has 1 rings (SSSR count). The lowest BCUT2D eigenvalue weighted by Crippen LogP contribution is -2.26. The van der Waals surface area contributed by atoms with Gasteiger partial charge < -0.3 is 38.6 Å². The highest BCUT2D eigenvalue weighted by Crippen LogP contribution is 2.66. The van der Waals surface area contributed by atoms with Crippen LogP contribution in [0.25, 0.3) is 0 Å². The van der Waals surface area contributed by atoms with Crippen LogP contribution in [0.2, 0.25) is 0 Å². The summed E-state index contributed by atoms with van der Waals surface area (Å²) in [7, 11) is -15.4. The maximum Gasteiger partial charge on any atom is 0.490 e. The Hall–Kier alpha value is 0.395. The predicted molar refractivity (Wildman–Crippen MR) is 66.3 cm³/mol. The third-order valence-electron chi connectivity index (χ3n) is 2.07. The SMILES string of the molecule is [2H][B-]C1CC(O)C(COP(=O)(O)OP(=O)(O)OP(=O)(O)O)O1. The van der Waals surface area contributed by atoms with Crippen LogP contribution in [-0.2, 0) is 31.6 Å². The highest BCUT2D eigenvalue weighted by Gasteiger charge is 2.41. The summed E-state index contributed by atoms with van der Waals surface area (Å²) in [4.78, 5) is 34.8. The molecule has 1 aliphatic rings. The first-order chi connectivity index (χ1) is 9.84. The molecule has 0 aromatic rings. The molecule has 5 unspecified atom stereocenters. The molecule has 0 amide bonds. The molecule has 0 aromatic heterocycles. The van der Waals surface area contributed by atoms with Gasteiger partial charge in [-0.3, -0.25) is 4.52 Å². The number of aliphatic hydroxyl groups excluding tert-OH is 1. The molecule has 0 bridgehead atoms. The summed E-state index contributed by atoms with van der Waals surface area (Å²) in [5.74, 6) is 0. The topological polar surface area (TPSA) is 189 Å². The van der Waals surface area contributed by atoms with E-state index < -0.39 is 48.3 Å². The minimum atomic E-state index is -5.57. The van der Waals surface area contributed by atoms with E-state index >= 15 is 0 Å². The van der Waals surface area contributed by atoms with Gasteiger partial charge in [-0.1, -0.05) is 0 Å². The van der Waals surface area contributed by atoms with Gasteiger partial charge in [-0.2, -0.15) is 8.62 Å². The van der Waals surface area contributed by atoms with Gasteiger partial charge in [0.15, 0.2) is 0 Å². The minimum absolute atomic E-state index is 0.0495. The molecule has 0 aromatic carbocycles. The van der Waals surface area contributed by atoms with E-state index in [1.54, 1.807) is 0 Å². The predicted octanol–water partition coefficient (Wildman–Crippen LogP) is -1.29. The highest BCUT2D eigenvalue weighted by molar-refractivity contribution is 7.66. The Morgan fingerprint density at radius 2 is 1.81 bits per heavy atom. The fraction of sp³-hybridized carbons (Fsp3) is 1.00. The van der Waals surface area contributed by atoms with Crippen LogP contribution in [0, 0.1) is 0 Å². The van der Waals surface area contributed by atoms with Crippen molar-refractivity contribution in [3.05, 3.63) is 0 Å². The Morgan fingerprint density at radius 1 is 1.19 bits per heavy atom. The third kappa shape index (κ3) is 7.47. The van der Waals surface area contributed by atoms with Crippen molar-refractivity contribution in [2.24, 2.45) is 0 Å². The number of hydrogen-bond donors (Lipinski definition) is 5. The summed E-state index contributed by atoms with van der Waals surface area (Å²) in [6, 6.07) is -0.718. The molecule has 1 aliphatic heterocycles. The summed E-state index contributed by atoms with van der Waals surface area (Å²) in [5, 5.41) is 9.52. The zero-order chi connectivity index (χ0) is 17.2. The summed E-state index contributed by atoms with van der Waals surface area (Å²) in [5.41, 5.74) is 0. The number of rotatable bonds is 8. The molecule has 16 heteroatoms. The fourth-order valence-electron chi connectivity index (χ4n) is 1.38. The highest BCUT2D eigenvalue weighted by atomic mass is 31.3. The number of phosphoric ester groups is 1. The van der Waals surface area contributed by atoms with Crippen LogP contribution in [0.1, 0.15) is 6.42 Å². The molecular formula is C5H13BO12P3-. The van der Waals surface area contributed by atoms with Crippen LogP contribution in [0.4, 0.5) is 0 Å². The van der Waals surface area contributed by atoms with E-state index in [0.717, 1.165) is 7.81 Å². The zero-order valence-electron chi connectivity index (χ0n) is 11.2. The first-order valence-corrected chi connectivity index (χ1v) is 9.69. The van der Waals surface area contributed by atoms with Crippen molar-refractivity contribution in [1.82, 2.24) is 0 Å². The van der Waals surface area contributed by atoms with Crippen LogP contribution in [0.5, 0.6) is 0 Å². The van der Waals surface area contributed by atoms with Crippen molar-refractivity contribution in [2.45, 2.75) is 24.6 Å². The number of ether oxygens (including phenoxy) is 1. The van der Waals surface area contributed by atoms with Crippen LogP contribution in [0.3, 0.4) is 0 Å². The summed E-state index contributed by atoms with van der Waals surface area (Å²) in [6.45, 7) is -0.741. The first-order valence-electron chi connectivity index (χ1n) is 5.75. The normalized spacial score (nSPS) is 33.2. The van der Waals surface area contributed by atoms with Gasteiger partial charge in [-0.15, -0.1) is 6.00 Å². The summed E-state index contributed by atoms with van der Waals surface area (Å²) >= 11 is 0. The molecule has 1 saturated heterocycles. The van der Waals surface area contributed by atoms with E-state index in [2.05, 4.69) is 13.1 Å². The molecule has 0 saturated carbocycles. The zero-order valence-corrected chi connectivity index (χ0v) is 12.8. The van der Waals surface area contributed by atoms with Gasteiger partial charge in [-0.25, -0.2) is 13.7 Å². The van der Waals surface area contributed by atoms with Gasteiger partial charge in [0.25, 0.3) is 0 Å². The summed E-state index contributed by atoms with van der Waals surface area (Å²) in [6.07, 6.45) is -2.16. The Kier molecular flexibility index (Phi) is 5.81. The monoisotopic (exact) mass is 370 g/mol.